The highest BCUT2D eigenvalue weighted by atomic mass is 35.5. The standard InChI is InChI=1S/C13H20N2O2.ClH/c1-9-4-5-12(6-10(9)2)17-8-13(16)15-11(3)7-14;/h4-6,11H,7-8,14H2,1-3H3,(H,15,16);1H/t11-;/m0./s1. The molecule has 4 nitrogen and oxygen atoms in total. The summed E-state index contributed by atoms with van der Waals surface area (Å²) in [6, 6.07) is 5.74. The van der Waals surface area contributed by atoms with Crippen LogP contribution in [0.2, 0.25) is 0 Å². The van der Waals surface area contributed by atoms with Crippen molar-refractivity contribution in [1.82, 2.24) is 5.32 Å². The second-order valence-electron chi connectivity index (χ2n) is 4.24. The molecule has 102 valence electrons. The maximum atomic E-state index is 11.4. The van der Waals surface area contributed by atoms with Gasteiger partial charge in [0.2, 0.25) is 0 Å². The van der Waals surface area contributed by atoms with E-state index >= 15 is 0 Å². The number of halogens is 1. The smallest absolute Gasteiger partial charge is 0.258 e. The molecule has 0 aromatic heterocycles. The molecule has 1 rings (SSSR count). The first kappa shape index (κ1) is 16.7. The number of benzene rings is 1. The van der Waals surface area contributed by atoms with Crippen LogP contribution in [0.1, 0.15) is 18.1 Å². The van der Waals surface area contributed by atoms with Crippen LogP contribution in [0.15, 0.2) is 18.2 Å². The fourth-order valence-electron chi connectivity index (χ4n) is 1.33. The Morgan fingerprint density at radius 2 is 2.06 bits per heavy atom. The summed E-state index contributed by atoms with van der Waals surface area (Å²) in [5.74, 6) is 0.560. The summed E-state index contributed by atoms with van der Waals surface area (Å²) in [5.41, 5.74) is 7.77. The minimum absolute atomic E-state index is 0. The molecule has 5 heteroatoms. The zero-order valence-electron chi connectivity index (χ0n) is 11.0. The molecule has 0 aliphatic heterocycles. The summed E-state index contributed by atoms with van der Waals surface area (Å²) in [6.45, 7) is 6.35. The molecule has 0 spiro atoms. The Labute approximate surface area is 114 Å². The maximum absolute atomic E-state index is 11.4. The maximum Gasteiger partial charge on any atom is 0.258 e. The predicted octanol–water partition coefficient (Wildman–Crippen LogP) is 1.57. The van der Waals surface area contributed by atoms with Crippen LogP contribution >= 0.6 is 12.4 Å². The number of amides is 1. The Hall–Kier alpha value is -1.26. The number of hydrogen-bond donors (Lipinski definition) is 2. The summed E-state index contributed by atoms with van der Waals surface area (Å²) in [4.78, 5) is 11.4. The van der Waals surface area contributed by atoms with Crippen molar-refractivity contribution in [2.75, 3.05) is 13.2 Å². The molecule has 0 unspecified atom stereocenters. The quantitative estimate of drug-likeness (QED) is 0.855. The number of carbonyl (C=O) groups excluding carboxylic acids is 1. The SMILES string of the molecule is Cc1ccc(OCC(=O)N[C@@H](C)CN)cc1C.Cl. The fraction of sp³-hybridized carbons (Fsp3) is 0.462. The molecule has 18 heavy (non-hydrogen) atoms. The van der Waals surface area contributed by atoms with E-state index in [1.54, 1.807) is 0 Å². The molecule has 0 fully saturated rings. The molecular formula is C13H21ClN2O2. The monoisotopic (exact) mass is 272 g/mol. The Bertz CT molecular complexity index is 397. The van der Waals surface area contributed by atoms with E-state index in [1.165, 1.54) is 5.56 Å². The number of hydrogen-bond acceptors (Lipinski definition) is 3. The number of ether oxygens (including phenoxy) is 1. The van der Waals surface area contributed by atoms with Crippen LogP contribution in [-0.2, 0) is 4.79 Å². The highest BCUT2D eigenvalue weighted by molar-refractivity contribution is 5.85. The first-order valence-corrected chi connectivity index (χ1v) is 5.72. The van der Waals surface area contributed by atoms with Gasteiger partial charge in [-0.25, -0.2) is 0 Å². The van der Waals surface area contributed by atoms with Gasteiger partial charge in [-0.3, -0.25) is 4.79 Å². The zero-order chi connectivity index (χ0) is 12.8. The van der Waals surface area contributed by atoms with Crippen molar-refractivity contribution in [3.63, 3.8) is 0 Å². The van der Waals surface area contributed by atoms with E-state index in [9.17, 15) is 4.79 Å². The number of nitrogens with one attached hydrogen (secondary N) is 1. The van der Waals surface area contributed by atoms with Crippen LogP contribution in [0.25, 0.3) is 0 Å². The van der Waals surface area contributed by atoms with Gasteiger partial charge in [-0.1, -0.05) is 6.07 Å². The number of carbonyl (C=O) groups is 1. The van der Waals surface area contributed by atoms with E-state index in [2.05, 4.69) is 5.32 Å². The first-order valence-electron chi connectivity index (χ1n) is 5.72. The summed E-state index contributed by atoms with van der Waals surface area (Å²) in [5, 5.41) is 2.74. The molecule has 1 aromatic carbocycles. The van der Waals surface area contributed by atoms with Crippen molar-refractivity contribution in [2.45, 2.75) is 26.8 Å². The minimum atomic E-state index is -0.152. The Morgan fingerprint density at radius 1 is 1.39 bits per heavy atom. The van der Waals surface area contributed by atoms with Crippen LogP contribution in [0.5, 0.6) is 5.75 Å². The highest BCUT2D eigenvalue weighted by Crippen LogP contribution is 2.16. The van der Waals surface area contributed by atoms with Crippen molar-refractivity contribution >= 4 is 18.3 Å². The highest BCUT2D eigenvalue weighted by Gasteiger charge is 2.06. The average Bonchev–Trinajstić information content (AvgIpc) is 2.30. The number of aryl methyl sites for hydroxylation is 2. The molecule has 3 N–H and O–H groups in total. The lowest BCUT2D eigenvalue weighted by atomic mass is 10.1. The van der Waals surface area contributed by atoms with E-state index < -0.39 is 0 Å². The first-order chi connectivity index (χ1) is 8.02. The lowest BCUT2D eigenvalue weighted by Crippen LogP contribution is -2.40. The van der Waals surface area contributed by atoms with Crippen LogP contribution in [0, 0.1) is 13.8 Å². The predicted molar refractivity (Wildman–Crippen MR) is 75.3 cm³/mol. The molecule has 0 radical (unpaired) electrons. The van der Waals surface area contributed by atoms with E-state index in [0.29, 0.717) is 12.3 Å². The Morgan fingerprint density at radius 3 is 2.61 bits per heavy atom. The lowest BCUT2D eigenvalue weighted by molar-refractivity contribution is -0.123. The van der Waals surface area contributed by atoms with Crippen molar-refractivity contribution in [2.24, 2.45) is 5.73 Å². The van der Waals surface area contributed by atoms with Crippen molar-refractivity contribution in [1.29, 1.82) is 0 Å². The van der Waals surface area contributed by atoms with Gasteiger partial charge < -0.3 is 15.8 Å². The van der Waals surface area contributed by atoms with Gasteiger partial charge in [-0.2, -0.15) is 0 Å². The molecular weight excluding hydrogens is 252 g/mol. The molecule has 0 saturated heterocycles. The van der Waals surface area contributed by atoms with Crippen molar-refractivity contribution in [3.05, 3.63) is 29.3 Å². The third-order valence-electron chi connectivity index (χ3n) is 2.61. The van der Waals surface area contributed by atoms with E-state index in [-0.39, 0.29) is 31.0 Å². The van der Waals surface area contributed by atoms with Gasteiger partial charge in [-0.15, -0.1) is 12.4 Å². The van der Waals surface area contributed by atoms with Gasteiger partial charge in [0.25, 0.3) is 5.91 Å². The second-order valence-corrected chi connectivity index (χ2v) is 4.24. The fourth-order valence-corrected chi connectivity index (χ4v) is 1.33. The summed E-state index contributed by atoms with van der Waals surface area (Å²) >= 11 is 0. The normalized spacial score (nSPS) is 11.3. The van der Waals surface area contributed by atoms with E-state index in [0.717, 1.165) is 5.56 Å². The zero-order valence-corrected chi connectivity index (χ0v) is 11.8. The molecule has 0 bridgehead atoms. The summed E-state index contributed by atoms with van der Waals surface area (Å²) < 4.78 is 5.40. The number of rotatable bonds is 5. The number of nitrogens with two attached hydrogens (primary N) is 1. The van der Waals surface area contributed by atoms with Gasteiger partial charge in [0.15, 0.2) is 6.61 Å². The molecule has 0 aliphatic rings. The largest absolute Gasteiger partial charge is 0.484 e. The molecule has 1 aromatic rings. The van der Waals surface area contributed by atoms with Crippen LogP contribution in [-0.4, -0.2) is 25.1 Å². The Balaban J connectivity index is 0.00000289. The van der Waals surface area contributed by atoms with Crippen molar-refractivity contribution in [3.8, 4) is 5.75 Å². The lowest BCUT2D eigenvalue weighted by Gasteiger charge is -2.12. The molecule has 1 amide bonds. The minimum Gasteiger partial charge on any atom is -0.484 e. The van der Waals surface area contributed by atoms with Gasteiger partial charge in [0.1, 0.15) is 5.75 Å². The van der Waals surface area contributed by atoms with E-state index in [4.69, 9.17) is 10.5 Å². The Kier molecular flexibility index (Phi) is 7.39. The van der Waals surface area contributed by atoms with Gasteiger partial charge >= 0.3 is 0 Å². The molecule has 0 heterocycles. The average molecular weight is 273 g/mol. The van der Waals surface area contributed by atoms with Gasteiger partial charge in [-0.05, 0) is 44.0 Å². The van der Waals surface area contributed by atoms with Crippen molar-refractivity contribution < 1.29 is 9.53 Å². The van der Waals surface area contributed by atoms with Gasteiger partial charge in [0, 0.05) is 12.6 Å². The molecule has 0 aliphatic carbocycles. The third-order valence-corrected chi connectivity index (χ3v) is 2.61. The molecule has 0 saturated carbocycles. The van der Waals surface area contributed by atoms with Crippen LogP contribution in [0.3, 0.4) is 0 Å². The van der Waals surface area contributed by atoms with Gasteiger partial charge in [0.05, 0.1) is 0 Å². The second kappa shape index (κ2) is 7.95. The summed E-state index contributed by atoms with van der Waals surface area (Å²) in [7, 11) is 0. The topological polar surface area (TPSA) is 64.3 Å². The van der Waals surface area contributed by atoms with Crippen LogP contribution in [0.4, 0.5) is 0 Å². The summed E-state index contributed by atoms with van der Waals surface area (Å²) in [6.07, 6.45) is 0. The molecule has 1 atom stereocenters. The third kappa shape index (κ3) is 5.38. The van der Waals surface area contributed by atoms with E-state index in [1.807, 2.05) is 39.0 Å². The van der Waals surface area contributed by atoms with Crippen LogP contribution < -0.4 is 15.8 Å².